The van der Waals surface area contributed by atoms with Crippen molar-refractivity contribution in [1.82, 2.24) is 10.2 Å². The first-order valence-electron chi connectivity index (χ1n) is 9.89. The summed E-state index contributed by atoms with van der Waals surface area (Å²) in [5, 5.41) is 11.2. The lowest BCUT2D eigenvalue weighted by molar-refractivity contribution is 0.102. The Morgan fingerprint density at radius 2 is 1.58 bits per heavy atom. The van der Waals surface area contributed by atoms with Gasteiger partial charge in [0.2, 0.25) is 5.13 Å². The minimum absolute atomic E-state index is 0.0981. The van der Waals surface area contributed by atoms with E-state index in [-0.39, 0.29) is 10.8 Å². The molecule has 7 nitrogen and oxygen atoms in total. The molecule has 0 bridgehead atoms. The van der Waals surface area contributed by atoms with E-state index in [1.807, 2.05) is 36.4 Å². The first-order chi connectivity index (χ1) is 15.9. The summed E-state index contributed by atoms with van der Waals surface area (Å²) in [7, 11) is -2.25. The number of rotatable bonds is 8. The van der Waals surface area contributed by atoms with Crippen molar-refractivity contribution in [2.45, 2.75) is 15.0 Å². The predicted molar refractivity (Wildman–Crippen MR) is 132 cm³/mol. The average molecular weight is 497 g/mol. The number of benzene rings is 3. The average Bonchev–Trinajstić information content (AvgIpc) is 3.30. The smallest absolute Gasteiger partial charge is 0.264 e. The van der Waals surface area contributed by atoms with Gasteiger partial charge in [0.25, 0.3) is 15.9 Å². The van der Waals surface area contributed by atoms with Gasteiger partial charge >= 0.3 is 0 Å². The minimum atomic E-state index is -3.74. The van der Waals surface area contributed by atoms with Gasteiger partial charge in [0.15, 0.2) is 4.34 Å². The zero-order valence-corrected chi connectivity index (χ0v) is 20.0. The van der Waals surface area contributed by atoms with Crippen LogP contribution in [0.1, 0.15) is 15.9 Å². The number of hydrogen-bond donors (Lipinski definition) is 1. The standard InChI is InChI=1S/C23H20N4O3S3/c1-27(19-10-6-3-7-11-19)33(29,30)20-14-12-18(13-15-20)21(28)24-22-25-26-23(32-22)31-16-17-8-4-2-5-9-17/h2-15H,16H2,1H3,(H,24,25,28). The van der Waals surface area contributed by atoms with Crippen molar-refractivity contribution >= 4 is 49.8 Å². The zero-order valence-electron chi connectivity index (χ0n) is 17.6. The summed E-state index contributed by atoms with van der Waals surface area (Å²) < 4.78 is 27.7. The molecule has 0 aliphatic heterocycles. The Hall–Kier alpha value is -3.21. The second-order valence-corrected chi connectivity index (χ2v) is 11.1. The highest BCUT2D eigenvalue weighted by molar-refractivity contribution is 8.00. The Kier molecular flexibility index (Phi) is 7.07. The lowest BCUT2D eigenvalue weighted by atomic mass is 10.2. The molecule has 0 radical (unpaired) electrons. The van der Waals surface area contributed by atoms with E-state index in [1.165, 1.54) is 52.5 Å². The maximum atomic E-state index is 12.9. The van der Waals surface area contributed by atoms with Crippen LogP contribution in [-0.4, -0.2) is 31.6 Å². The highest BCUT2D eigenvalue weighted by Gasteiger charge is 2.21. The maximum Gasteiger partial charge on any atom is 0.264 e. The van der Waals surface area contributed by atoms with Crippen LogP contribution < -0.4 is 9.62 Å². The predicted octanol–water partition coefficient (Wildman–Crippen LogP) is 4.91. The van der Waals surface area contributed by atoms with Crippen molar-refractivity contribution in [1.29, 1.82) is 0 Å². The van der Waals surface area contributed by atoms with Crippen LogP contribution in [0, 0.1) is 0 Å². The van der Waals surface area contributed by atoms with Crippen LogP contribution >= 0.6 is 23.1 Å². The van der Waals surface area contributed by atoms with Crippen molar-refractivity contribution in [2.24, 2.45) is 0 Å². The van der Waals surface area contributed by atoms with Gasteiger partial charge in [0.1, 0.15) is 0 Å². The summed E-state index contributed by atoms with van der Waals surface area (Å²) in [6, 6.07) is 24.6. The monoisotopic (exact) mass is 496 g/mol. The number of para-hydroxylation sites is 1. The Balaban J connectivity index is 1.39. The van der Waals surface area contributed by atoms with E-state index in [1.54, 1.807) is 36.0 Å². The van der Waals surface area contributed by atoms with E-state index in [0.29, 0.717) is 16.4 Å². The molecule has 0 spiro atoms. The summed E-state index contributed by atoms with van der Waals surface area (Å²) in [6.07, 6.45) is 0. The summed E-state index contributed by atoms with van der Waals surface area (Å²) in [5.41, 5.74) is 2.05. The van der Waals surface area contributed by atoms with Gasteiger partial charge in [-0.1, -0.05) is 71.6 Å². The molecule has 1 aromatic heterocycles. The number of nitrogens with zero attached hydrogens (tertiary/aromatic N) is 3. The molecular formula is C23H20N4O3S3. The van der Waals surface area contributed by atoms with Crippen molar-refractivity contribution < 1.29 is 13.2 Å². The number of anilines is 2. The van der Waals surface area contributed by atoms with Crippen molar-refractivity contribution in [2.75, 3.05) is 16.7 Å². The number of nitrogens with one attached hydrogen (secondary N) is 1. The lowest BCUT2D eigenvalue weighted by Gasteiger charge is -2.19. The summed E-state index contributed by atoms with van der Waals surface area (Å²) >= 11 is 2.84. The third-order valence-corrected chi connectivity index (χ3v) is 8.57. The van der Waals surface area contributed by atoms with Crippen LogP contribution in [0.15, 0.2) is 94.2 Å². The molecule has 3 aromatic carbocycles. The van der Waals surface area contributed by atoms with Crippen LogP contribution in [0.5, 0.6) is 0 Å². The lowest BCUT2D eigenvalue weighted by Crippen LogP contribution is -2.26. The first kappa shape index (κ1) is 23.0. The highest BCUT2D eigenvalue weighted by atomic mass is 32.2. The molecule has 4 aromatic rings. The number of sulfonamides is 1. The van der Waals surface area contributed by atoms with Crippen LogP contribution in [0.3, 0.4) is 0 Å². The molecule has 0 aliphatic rings. The minimum Gasteiger partial charge on any atom is -0.296 e. The largest absolute Gasteiger partial charge is 0.296 e. The van der Waals surface area contributed by atoms with Gasteiger partial charge in [-0.25, -0.2) is 8.42 Å². The van der Waals surface area contributed by atoms with Crippen LogP contribution in [0.25, 0.3) is 0 Å². The Morgan fingerprint density at radius 3 is 2.24 bits per heavy atom. The number of carbonyl (C=O) groups excluding carboxylic acids is 1. The van der Waals surface area contributed by atoms with Gasteiger partial charge in [-0.3, -0.25) is 14.4 Å². The van der Waals surface area contributed by atoms with E-state index in [0.717, 1.165) is 10.1 Å². The van der Waals surface area contributed by atoms with Gasteiger partial charge in [0.05, 0.1) is 10.6 Å². The number of carbonyl (C=O) groups is 1. The number of hydrogen-bond acceptors (Lipinski definition) is 7. The molecule has 1 amide bonds. The van der Waals surface area contributed by atoms with Crippen LogP contribution in [0.4, 0.5) is 10.8 Å². The third-order valence-electron chi connectivity index (χ3n) is 4.73. The fourth-order valence-corrected chi connectivity index (χ4v) is 5.82. The molecule has 0 saturated heterocycles. The first-order valence-corrected chi connectivity index (χ1v) is 13.1. The van der Waals surface area contributed by atoms with Crippen molar-refractivity contribution in [3.63, 3.8) is 0 Å². The second kappa shape index (κ2) is 10.2. The zero-order chi connectivity index (χ0) is 23.3. The van der Waals surface area contributed by atoms with Crippen molar-refractivity contribution in [3.8, 4) is 0 Å². The summed E-state index contributed by atoms with van der Waals surface area (Å²) in [6.45, 7) is 0. The highest BCUT2D eigenvalue weighted by Crippen LogP contribution is 2.28. The van der Waals surface area contributed by atoms with E-state index >= 15 is 0 Å². The SMILES string of the molecule is CN(c1ccccc1)S(=O)(=O)c1ccc(C(=O)Nc2nnc(SCc3ccccc3)s2)cc1. The van der Waals surface area contributed by atoms with Crippen LogP contribution in [-0.2, 0) is 15.8 Å². The number of thioether (sulfide) groups is 1. The molecule has 0 aliphatic carbocycles. The normalized spacial score (nSPS) is 11.2. The van der Waals surface area contributed by atoms with Gasteiger partial charge in [-0.05, 0) is 42.0 Å². The molecule has 10 heteroatoms. The molecule has 0 atom stereocenters. The molecular weight excluding hydrogens is 476 g/mol. The van der Waals surface area contributed by atoms with Gasteiger partial charge in [-0.15, -0.1) is 10.2 Å². The molecule has 33 heavy (non-hydrogen) atoms. The summed E-state index contributed by atoms with van der Waals surface area (Å²) in [4.78, 5) is 12.7. The van der Waals surface area contributed by atoms with Gasteiger partial charge in [0, 0.05) is 18.4 Å². The molecule has 0 saturated carbocycles. The maximum absolute atomic E-state index is 12.9. The van der Waals surface area contributed by atoms with Crippen LogP contribution in [0.2, 0.25) is 0 Å². The topological polar surface area (TPSA) is 92.3 Å². The fourth-order valence-electron chi connectivity index (χ4n) is 2.92. The molecule has 0 unspecified atom stereocenters. The van der Waals surface area contributed by atoms with Gasteiger partial charge in [-0.2, -0.15) is 0 Å². The van der Waals surface area contributed by atoms with E-state index in [4.69, 9.17) is 0 Å². The molecule has 4 rings (SSSR count). The molecule has 1 heterocycles. The van der Waals surface area contributed by atoms with E-state index < -0.39 is 10.0 Å². The van der Waals surface area contributed by atoms with Crippen molar-refractivity contribution in [3.05, 3.63) is 96.1 Å². The molecule has 1 N–H and O–H groups in total. The molecule has 0 fully saturated rings. The summed E-state index contributed by atoms with van der Waals surface area (Å²) in [5.74, 6) is 0.377. The number of aromatic nitrogens is 2. The molecule has 168 valence electrons. The Morgan fingerprint density at radius 1 is 0.939 bits per heavy atom. The fraction of sp³-hybridized carbons (Fsp3) is 0.0870. The number of amides is 1. The Bertz CT molecular complexity index is 1330. The van der Waals surface area contributed by atoms with E-state index in [9.17, 15) is 13.2 Å². The Labute approximate surface area is 200 Å². The van der Waals surface area contributed by atoms with Gasteiger partial charge < -0.3 is 0 Å². The second-order valence-electron chi connectivity index (χ2n) is 6.93. The third kappa shape index (κ3) is 5.59. The quantitative estimate of drug-likeness (QED) is 0.275. The van der Waals surface area contributed by atoms with E-state index in [2.05, 4.69) is 15.5 Å².